The maximum absolute atomic E-state index is 13.8. The van der Waals surface area contributed by atoms with Crippen LogP contribution in [0, 0.1) is 29.9 Å². The highest BCUT2D eigenvalue weighted by molar-refractivity contribution is 5.71. The van der Waals surface area contributed by atoms with Crippen molar-refractivity contribution in [1.29, 1.82) is 5.26 Å². The summed E-state index contributed by atoms with van der Waals surface area (Å²) >= 11 is 0. The number of ether oxygens (including phenoxy) is 2. The lowest BCUT2D eigenvalue weighted by molar-refractivity contribution is 0.282. The Morgan fingerprint density at radius 2 is 1.86 bits per heavy atom. The van der Waals surface area contributed by atoms with Crippen LogP contribution in [0.3, 0.4) is 0 Å². The van der Waals surface area contributed by atoms with Gasteiger partial charge in [-0.25, -0.2) is 8.78 Å². The van der Waals surface area contributed by atoms with Gasteiger partial charge in [-0.2, -0.15) is 5.26 Å². The second kappa shape index (κ2) is 7.92. The van der Waals surface area contributed by atoms with Crippen molar-refractivity contribution in [3.63, 3.8) is 0 Å². The first kappa shape index (κ1) is 19.1. The second-order valence-electron chi connectivity index (χ2n) is 6.07. The lowest BCUT2D eigenvalue weighted by Crippen LogP contribution is -2.12. The highest BCUT2D eigenvalue weighted by Gasteiger charge is 2.14. The van der Waals surface area contributed by atoms with Gasteiger partial charge in [-0.3, -0.25) is 4.79 Å². The van der Waals surface area contributed by atoms with Gasteiger partial charge >= 0.3 is 0 Å². The summed E-state index contributed by atoms with van der Waals surface area (Å²) in [5.74, 6) is -1.12. The molecule has 3 rings (SSSR count). The molecule has 0 aliphatic rings. The number of nitriles is 1. The van der Waals surface area contributed by atoms with E-state index in [2.05, 4.69) is 4.98 Å². The summed E-state index contributed by atoms with van der Waals surface area (Å²) in [5, 5.41) is 9.33. The molecule has 3 aromatic rings. The fourth-order valence-corrected chi connectivity index (χ4v) is 2.83. The van der Waals surface area contributed by atoms with Gasteiger partial charge in [-0.1, -0.05) is 6.07 Å². The zero-order valence-corrected chi connectivity index (χ0v) is 15.2. The predicted molar refractivity (Wildman–Crippen MR) is 99.2 cm³/mol. The molecule has 1 aromatic heterocycles. The van der Waals surface area contributed by atoms with Gasteiger partial charge in [0.15, 0.2) is 11.6 Å². The third-order valence-corrected chi connectivity index (χ3v) is 4.15. The Balaban J connectivity index is 2.00. The quantitative estimate of drug-likeness (QED) is 0.721. The highest BCUT2D eigenvalue weighted by Crippen LogP contribution is 2.29. The van der Waals surface area contributed by atoms with E-state index >= 15 is 0 Å². The Labute approximate surface area is 159 Å². The van der Waals surface area contributed by atoms with Crippen molar-refractivity contribution in [3.8, 4) is 28.7 Å². The molecule has 1 heterocycles. The number of aryl methyl sites for hydroxylation is 1. The maximum Gasteiger partial charge on any atom is 0.266 e. The van der Waals surface area contributed by atoms with Crippen LogP contribution in [0.25, 0.3) is 11.1 Å². The van der Waals surface area contributed by atoms with Crippen LogP contribution in [0.1, 0.15) is 16.8 Å². The van der Waals surface area contributed by atoms with Crippen LogP contribution in [0.5, 0.6) is 11.5 Å². The molecule has 0 aliphatic carbocycles. The highest BCUT2D eigenvalue weighted by atomic mass is 19.1. The van der Waals surface area contributed by atoms with Crippen LogP contribution in [0.2, 0.25) is 0 Å². The Bertz CT molecular complexity index is 1130. The third kappa shape index (κ3) is 3.86. The summed E-state index contributed by atoms with van der Waals surface area (Å²) in [7, 11) is 1.48. The SMILES string of the molecule is COc1ccc(-c2cc(C)[nH]c(=O)c2C#N)cc1COc1ccc(F)cc1F. The van der Waals surface area contributed by atoms with Crippen LogP contribution >= 0.6 is 0 Å². The third-order valence-electron chi connectivity index (χ3n) is 4.15. The van der Waals surface area contributed by atoms with E-state index in [1.165, 1.54) is 13.2 Å². The molecule has 5 nitrogen and oxygen atoms in total. The molecule has 28 heavy (non-hydrogen) atoms. The van der Waals surface area contributed by atoms with E-state index in [1.807, 2.05) is 6.07 Å². The number of aromatic nitrogens is 1. The number of aromatic amines is 1. The minimum atomic E-state index is -0.813. The van der Waals surface area contributed by atoms with Gasteiger partial charge in [0.25, 0.3) is 5.56 Å². The monoisotopic (exact) mass is 382 g/mol. The predicted octanol–water partition coefficient (Wildman–Crippen LogP) is 4.09. The smallest absolute Gasteiger partial charge is 0.266 e. The molecule has 0 amide bonds. The van der Waals surface area contributed by atoms with Crippen molar-refractivity contribution in [1.82, 2.24) is 4.98 Å². The van der Waals surface area contributed by atoms with Crippen LogP contribution in [0.15, 0.2) is 47.3 Å². The first-order valence-corrected chi connectivity index (χ1v) is 8.32. The number of rotatable bonds is 5. The molecule has 0 saturated heterocycles. The molecule has 0 atom stereocenters. The fraction of sp³-hybridized carbons (Fsp3) is 0.143. The van der Waals surface area contributed by atoms with Crippen LogP contribution in [0.4, 0.5) is 8.78 Å². The number of nitrogens with one attached hydrogen (secondary N) is 1. The Morgan fingerprint density at radius 1 is 1.11 bits per heavy atom. The number of H-pyrrole nitrogens is 1. The zero-order valence-electron chi connectivity index (χ0n) is 15.2. The van der Waals surface area contributed by atoms with E-state index < -0.39 is 17.2 Å². The number of halogens is 2. The molecule has 0 bridgehead atoms. The topological polar surface area (TPSA) is 75.1 Å². The van der Waals surface area contributed by atoms with Crippen molar-refractivity contribution < 1.29 is 18.3 Å². The number of hydrogen-bond donors (Lipinski definition) is 1. The Hall–Kier alpha value is -3.66. The molecular weight excluding hydrogens is 366 g/mol. The standard InChI is InChI=1S/C21H16F2N2O3/c1-12-7-16(17(10-24)21(26)25-12)13-3-5-19(27-2)14(8-13)11-28-20-6-4-15(22)9-18(20)23/h3-9H,11H2,1-2H3,(H,25,26). The molecule has 0 saturated carbocycles. The average molecular weight is 382 g/mol. The van der Waals surface area contributed by atoms with Crippen molar-refractivity contribution in [3.05, 3.63) is 81.3 Å². The summed E-state index contributed by atoms with van der Waals surface area (Å²) in [6.45, 7) is 1.67. The zero-order chi connectivity index (χ0) is 20.3. The van der Waals surface area contributed by atoms with Gasteiger partial charge in [-0.05, 0) is 42.8 Å². The van der Waals surface area contributed by atoms with E-state index in [-0.39, 0.29) is 17.9 Å². The van der Waals surface area contributed by atoms with Crippen LogP contribution in [-0.2, 0) is 6.61 Å². The summed E-state index contributed by atoms with van der Waals surface area (Å²) in [4.78, 5) is 14.6. The van der Waals surface area contributed by atoms with E-state index in [0.29, 0.717) is 28.1 Å². The van der Waals surface area contributed by atoms with Crippen molar-refractivity contribution in [2.45, 2.75) is 13.5 Å². The van der Waals surface area contributed by atoms with Gasteiger partial charge in [0, 0.05) is 22.9 Å². The van der Waals surface area contributed by atoms with E-state index in [9.17, 15) is 18.8 Å². The van der Waals surface area contributed by atoms with Gasteiger partial charge in [0.05, 0.1) is 7.11 Å². The lowest BCUT2D eigenvalue weighted by atomic mass is 9.99. The molecule has 0 aliphatic heterocycles. The number of benzene rings is 2. The summed E-state index contributed by atoms with van der Waals surface area (Å²) in [5.41, 5.74) is 1.80. The molecule has 142 valence electrons. The van der Waals surface area contributed by atoms with Crippen LogP contribution in [-0.4, -0.2) is 12.1 Å². The molecule has 0 unspecified atom stereocenters. The lowest BCUT2D eigenvalue weighted by Gasteiger charge is -2.13. The Kier molecular flexibility index (Phi) is 5.41. The largest absolute Gasteiger partial charge is 0.496 e. The minimum Gasteiger partial charge on any atom is -0.496 e. The number of methoxy groups -OCH3 is 1. The summed E-state index contributed by atoms with van der Waals surface area (Å²) in [6.07, 6.45) is 0. The van der Waals surface area contributed by atoms with E-state index in [4.69, 9.17) is 9.47 Å². The molecule has 2 aromatic carbocycles. The second-order valence-corrected chi connectivity index (χ2v) is 6.07. The van der Waals surface area contributed by atoms with Gasteiger partial charge in [-0.15, -0.1) is 0 Å². The molecule has 7 heteroatoms. The average Bonchev–Trinajstić information content (AvgIpc) is 2.66. The fourth-order valence-electron chi connectivity index (χ4n) is 2.83. The van der Waals surface area contributed by atoms with Crippen molar-refractivity contribution in [2.75, 3.05) is 7.11 Å². The molecular formula is C21H16F2N2O3. The normalized spacial score (nSPS) is 10.4. The van der Waals surface area contributed by atoms with Crippen LogP contribution < -0.4 is 15.0 Å². The molecule has 0 spiro atoms. The molecule has 0 radical (unpaired) electrons. The van der Waals surface area contributed by atoms with E-state index in [1.54, 1.807) is 31.2 Å². The maximum atomic E-state index is 13.8. The number of nitrogens with zero attached hydrogens (tertiary/aromatic N) is 1. The van der Waals surface area contributed by atoms with Gasteiger partial charge < -0.3 is 14.5 Å². The number of hydrogen-bond acceptors (Lipinski definition) is 4. The van der Waals surface area contributed by atoms with Crippen molar-refractivity contribution in [2.24, 2.45) is 0 Å². The number of pyridine rings is 1. The van der Waals surface area contributed by atoms with Crippen molar-refractivity contribution >= 4 is 0 Å². The van der Waals surface area contributed by atoms with E-state index in [0.717, 1.165) is 12.1 Å². The Morgan fingerprint density at radius 3 is 2.54 bits per heavy atom. The molecule has 1 N–H and O–H groups in total. The minimum absolute atomic E-state index is 0.00721. The summed E-state index contributed by atoms with van der Waals surface area (Å²) in [6, 6.07) is 11.8. The first-order valence-electron chi connectivity index (χ1n) is 8.32. The first-order chi connectivity index (χ1) is 13.4. The molecule has 0 fully saturated rings. The summed E-state index contributed by atoms with van der Waals surface area (Å²) < 4.78 is 37.6. The van der Waals surface area contributed by atoms with Gasteiger partial charge in [0.1, 0.15) is 29.8 Å². The van der Waals surface area contributed by atoms with Gasteiger partial charge in [0.2, 0.25) is 0 Å².